The fourth-order valence-corrected chi connectivity index (χ4v) is 3.81. The summed E-state index contributed by atoms with van der Waals surface area (Å²) in [7, 11) is 3.14. The van der Waals surface area contributed by atoms with Crippen LogP contribution in [0.4, 0.5) is 0 Å². The molecule has 19 heavy (non-hydrogen) atoms. The van der Waals surface area contributed by atoms with Gasteiger partial charge in [0.15, 0.2) is 5.69 Å². The molecule has 1 aromatic rings. The van der Waals surface area contributed by atoms with Gasteiger partial charge in [-0.15, -0.1) is 11.3 Å². The Hall–Kier alpha value is -0.940. The first kappa shape index (κ1) is 14.5. The van der Waals surface area contributed by atoms with E-state index in [1.165, 1.54) is 20.0 Å². The van der Waals surface area contributed by atoms with E-state index in [1.807, 2.05) is 6.92 Å². The molecular formula is C14H21NO3S. The molecule has 0 amide bonds. The SMILES string of the molecule is COC(=O)c1nc(C2(OC)CCCCCC2)sc1C. The molecule has 1 saturated carbocycles. The van der Waals surface area contributed by atoms with E-state index >= 15 is 0 Å². The van der Waals surface area contributed by atoms with E-state index in [0.717, 1.165) is 35.6 Å². The molecular weight excluding hydrogens is 262 g/mol. The van der Waals surface area contributed by atoms with Crippen molar-refractivity contribution in [1.82, 2.24) is 4.98 Å². The summed E-state index contributed by atoms with van der Waals surface area (Å²) >= 11 is 1.56. The molecule has 0 radical (unpaired) electrons. The van der Waals surface area contributed by atoms with Gasteiger partial charge in [-0.1, -0.05) is 25.7 Å². The molecule has 0 N–H and O–H groups in total. The van der Waals surface area contributed by atoms with Crippen LogP contribution in [0.1, 0.15) is 58.9 Å². The Morgan fingerprint density at radius 2 is 1.84 bits per heavy atom. The van der Waals surface area contributed by atoms with Gasteiger partial charge in [0, 0.05) is 12.0 Å². The summed E-state index contributed by atoms with van der Waals surface area (Å²) in [5.74, 6) is -0.361. The molecule has 1 heterocycles. The number of aromatic nitrogens is 1. The van der Waals surface area contributed by atoms with E-state index in [4.69, 9.17) is 9.47 Å². The molecule has 0 atom stereocenters. The standard InChI is InChI=1S/C14H21NO3S/c1-10-11(12(16)17-2)15-13(19-10)14(18-3)8-6-4-5-7-9-14/h4-9H2,1-3H3. The maximum absolute atomic E-state index is 11.7. The number of hydrogen-bond donors (Lipinski definition) is 0. The second-order valence-corrected chi connectivity index (χ2v) is 6.23. The lowest BCUT2D eigenvalue weighted by molar-refractivity contribution is -0.0280. The lowest BCUT2D eigenvalue weighted by atomic mass is 9.95. The van der Waals surface area contributed by atoms with Gasteiger partial charge in [0.1, 0.15) is 10.6 Å². The van der Waals surface area contributed by atoms with Crippen LogP contribution >= 0.6 is 11.3 Å². The quantitative estimate of drug-likeness (QED) is 0.630. The summed E-state index contributed by atoms with van der Waals surface area (Å²) in [4.78, 5) is 17.1. The smallest absolute Gasteiger partial charge is 0.357 e. The minimum atomic E-state index is -0.361. The maximum Gasteiger partial charge on any atom is 0.357 e. The van der Waals surface area contributed by atoms with Crippen molar-refractivity contribution in [1.29, 1.82) is 0 Å². The van der Waals surface area contributed by atoms with E-state index < -0.39 is 0 Å². The van der Waals surface area contributed by atoms with Crippen LogP contribution in [0.15, 0.2) is 0 Å². The highest BCUT2D eigenvalue weighted by Crippen LogP contribution is 2.41. The predicted molar refractivity (Wildman–Crippen MR) is 74.6 cm³/mol. The van der Waals surface area contributed by atoms with Crippen molar-refractivity contribution in [2.24, 2.45) is 0 Å². The first-order valence-electron chi connectivity index (χ1n) is 6.74. The van der Waals surface area contributed by atoms with Crippen LogP contribution in [0.3, 0.4) is 0 Å². The molecule has 0 aliphatic heterocycles. The highest BCUT2D eigenvalue weighted by Gasteiger charge is 2.37. The van der Waals surface area contributed by atoms with Gasteiger partial charge in [0.05, 0.1) is 7.11 Å². The van der Waals surface area contributed by atoms with E-state index in [2.05, 4.69) is 4.98 Å². The van der Waals surface area contributed by atoms with Crippen molar-refractivity contribution in [3.05, 3.63) is 15.6 Å². The number of aryl methyl sites for hydroxylation is 1. The van der Waals surface area contributed by atoms with Gasteiger partial charge >= 0.3 is 5.97 Å². The van der Waals surface area contributed by atoms with Gasteiger partial charge in [0.2, 0.25) is 0 Å². The number of esters is 1. The fourth-order valence-electron chi connectivity index (χ4n) is 2.68. The number of nitrogens with zero attached hydrogens (tertiary/aromatic N) is 1. The van der Waals surface area contributed by atoms with Gasteiger partial charge in [-0.05, 0) is 19.8 Å². The van der Waals surface area contributed by atoms with Crippen molar-refractivity contribution in [2.45, 2.75) is 51.0 Å². The largest absolute Gasteiger partial charge is 0.464 e. The van der Waals surface area contributed by atoms with Crippen molar-refractivity contribution in [3.8, 4) is 0 Å². The molecule has 2 rings (SSSR count). The Morgan fingerprint density at radius 1 is 1.21 bits per heavy atom. The molecule has 0 bridgehead atoms. The minimum absolute atomic E-state index is 0.307. The van der Waals surface area contributed by atoms with Crippen LogP contribution in [-0.2, 0) is 15.1 Å². The van der Waals surface area contributed by atoms with Crippen LogP contribution in [0.5, 0.6) is 0 Å². The van der Waals surface area contributed by atoms with E-state index in [1.54, 1.807) is 18.4 Å². The minimum Gasteiger partial charge on any atom is -0.464 e. The van der Waals surface area contributed by atoms with Crippen molar-refractivity contribution in [2.75, 3.05) is 14.2 Å². The van der Waals surface area contributed by atoms with Crippen LogP contribution in [-0.4, -0.2) is 25.2 Å². The zero-order chi connectivity index (χ0) is 13.9. The van der Waals surface area contributed by atoms with Gasteiger partial charge in [-0.2, -0.15) is 0 Å². The van der Waals surface area contributed by atoms with Crippen LogP contribution in [0.25, 0.3) is 0 Å². The van der Waals surface area contributed by atoms with Gasteiger partial charge < -0.3 is 9.47 Å². The second-order valence-electron chi connectivity index (χ2n) is 5.03. The molecule has 1 aliphatic carbocycles. The van der Waals surface area contributed by atoms with Gasteiger partial charge in [-0.25, -0.2) is 9.78 Å². The lowest BCUT2D eigenvalue weighted by Crippen LogP contribution is -2.27. The average Bonchev–Trinajstić information content (AvgIpc) is 2.67. The maximum atomic E-state index is 11.7. The third kappa shape index (κ3) is 2.82. The number of hydrogen-bond acceptors (Lipinski definition) is 5. The van der Waals surface area contributed by atoms with E-state index in [-0.39, 0.29) is 11.6 Å². The van der Waals surface area contributed by atoms with Crippen molar-refractivity contribution < 1.29 is 14.3 Å². The summed E-state index contributed by atoms with van der Waals surface area (Å²) in [5.41, 5.74) is 0.126. The Morgan fingerprint density at radius 3 is 2.37 bits per heavy atom. The molecule has 4 nitrogen and oxygen atoms in total. The highest BCUT2D eigenvalue weighted by molar-refractivity contribution is 7.12. The topological polar surface area (TPSA) is 48.4 Å². The fraction of sp³-hybridized carbons (Fsp3) is 0.714. The molecule has 0 saturated heterocycles. The molecule has 1 fully saturated rings. The number of rotatable bonds is 3. The molecule has 5 heteroatoms. The molecule has 1 aromatic heterocycles. The zero-order valence-electron chi connectivity index (χ0n) is 11.8. The van der Waals surface area contributed by atoms with Crippen molar-refractivity contribution in [3.63, 3.8) is 0 Å². The van der Waals surface area contributed by atoms with Crippen LogP contribution in [0.2, 0.25) is 0 Å². The van der Waals surface area contributed by atoms with Crippen LogP contribution < -0.4 is 0 Å². The lowest BCUT2D eigenvalue weighted by Gasteiger charge is -2.29. The second kappa shape index (κ2) is 6.01. The Balaban J connectivity index is 2.35. The molecule has 0 spiro atoms. The predicted octanol–water partition coefficient (Wildman–Crippen LogP) is 3.43. The first-order valence-corrected chi connectivity index (χ1v) is 7.56. The Labute approximate surface area is 118 Å². The normalized spacial score (nSPS) is 18.9. The summed E-state index contributed by atoms with van der Waals surface area (Å²) in [6.07, 6.45) is 6.77. The first-order chi connectivity index (χ1) is 9.13. The van der Waals surface area contributed by atoms with Gasteiger partial charge in [0.25, 0.3) is 0 Å². The summed E-state index contributed by atoms with van der Waals surface area (Å²) in [5, 5.41) is 0.926. The summed E-state index contributed by atoms with van der Waals surface area (Å²) in [6.45, 7) is 1.91. The summed E-state index contributed by atoms with van der Waals surface area (Å²) in [6, 6.07) is 0. The third-order valence-electron chi connectivity index (χ3n) is 3.87. The molecule has 0 unspecified atom stereocenters. The number of thiazole rings is 1. The molecule has 0 aromatic carbocycles. The number of ether oxygens (including phenoxy) is 2. The number of carbonyl (C=O) groups is 1. The molecule has 106 valence electrons. The third-order valence-corrected chi connectivity index (χ3v) is 5.02. The van der Waals surface area contributed by atoms with Gasteiger partial charge in [-0.3, -0.25) is 0 Å². The van der Waals surface area contributed by atoms with Crippen LogP contribution in [0, 0.1) is 6.92 Å². The number of carbonyl (C=O) groups excluding carboxylic acids is 1. The monoisotopic (exact) mass is 283 g/mol. The Kier molecular flexibility index (Phi) is 4.58. The summed E-state index contributed by atoms with van der Waals surface area (Å²) < 4.78 is 10.6. The van der Waals surface area contributed by atoms with E-state index in [9.17, 15) is 4.79 Å². The van der Waals surface area contributed by atoms with Crippen molar-refractivity contribution >= 4 is 17.3 Å². The highest BCUT2D eigenvalue weighted by atomic mass is 32.1. The number of methoxy groups -OCH3 is 2. The Bertz CT molecular complexity index is 448. The zero-order valence-corrected chi connectivity index (χ0v) is 12.6. The average molecular weight is 283 g/mol. The molecule has 1 aliphatic rings. The van der Waals surface area contributed by atoms with E-state index in [0.29, 0.717) is 5.69 Å².